The average molecular weight is 354 g/mol. The van der Waals surface area contributed by atoms with E-state index in [9.17, 15) is 4.79 Å². The summed E-state index contributed by atoms with van der Waals surface area (Å²) in [4.78, 5) is 18.6. The van der Waals surface area contributed by atoms with E-state index >= 15 is 0 Å². The summed E-state index contributed by atoms with van der Waals surface area (Å²) in [7, 11) is 1.51. The number of nitrogens with zero attached hydrogens (tertiary/aromatic N) is 4. The lowest BCUT2D eigenvalue weighted by Crippen LogP contribution is -2.38. The van der Waals surface area contributed by atoms with Crippen LogP contribution in [0.3, 0.4) is 0 Å². The molecule has 1 amide bonds. The zero-order chi connectivity index (χ0) is 17.9. The van der Waals surface area contributed by atoms with Gasteiger partial charge in [0, 0.05) is 25.2 Å². The molecule has 8 heteroatoms. The maximum absolute atomic E-state index is 12.7. The molecular weight excluding hydrogens is 336 g/mol. The predicted octanol–water partition coefficient (Wildman–Crippen LogP) is 2.75. The minimum atomic E-state index is -0.0739. The van der Waals surface area contributed by atoms with Crippen LogP contribution in [-0.4, -0.2) is 46.2 Å². The van der Waals surface area contributed by atoms with E-state index in [4.69, 9.17) is 13.6 Å². The quantitative estimate of drug-likeness (QED) is 0.711. The zero-order valence-corrected chi connectivity index (χ0v) is 14.3. The molecule has 26 heavy (non-hydrogen) atoms. The first-order valence-electron chi connectivity index (χ1n) is 8.42. The fourth-order valence-electron chi connectivity index (χ4n) is 3.12. The van der Waals surface area contributed by atoms with Crippen molar-refractivity contribution in [2.24, 2.45) is 0 Å². The molecule has 0 aliphatic carbocycles. The highest BCUT2D eigenvalue weighted by molar-refractivity contribution is 5.96. The molecular formula is C18H18N4O4. The van der Waals surface area contributed by atoms with Gasteiger partial charge in [-0.1, -0.05) is 0 Å². The molecule has 8 nitrogen and oxygen atoms in total. The maximum atomic E-state index is 12.7. The molecule has 0 N–H and O–H groups in total. The Balaban J connectivity index is 1.42. The fourth-order valence-corrected chi connectivity index (χ4v) is 3.12. The third-order valence-corrected chi connectivity index (χ3v) is 4.50. The normalized spacial score (nSPS) is 15.2. The van der Waals surface area contributed by atoms with E-state index in [0.717, 1.165) is 12.8 Å². The summed E-state index contributed by atoms with van der Waals surface area (Å²) in [6.45, 7) is 1.22. The molecule has 1 fully saturated rings. The number of likely N-dealkylation sites (tertiary alicyclic amines) is 1. The van der Waals surface area contributed by atoms with Gasteiger partial charge in [-0.15, -0.1) is 10.2 Å². The van der Waals surface area contributed by atoms with Gasteiger partial charge in [0.2, 0.25) is 11.8 Å². The van der Waals surface area contributed by atoms with Crippen LogP contribution >= 0.6 is 0 Å². The number of rotatable bonds is 4. The summed E-state index contributed by atoms with van der Waals surface area (Å²) in [5.74, 6) is 1.92. The van der Waals surface area contributed by atoms with Gasteiger partial charge in [0.25, 0.3) is 11.8 Å². The van der Waals surface area contributed by atoms with E-state index in [-0.39, 0.29) is 11.8 Å². The summed E-state index contributed by atoms with van der Waals surface area (Å²) in [5.41, 5.74) is 0.478. The molecule has 1 aliphatic rings. The molecule has 3 aromatic heterocycles. The second kappa shape index (κ2) is 6.99. The molecule has 4 rings (SSSR count). The van der Waals surface area contributed by atoms with Gasteiger partial charge in [0.1, 0.15) is 5.56 Å². The number of amides is 1. The van der Waals surface area contributed by atoms with Crippen molar-refractivity contribution in [1.82, 2.24) is 20.1 Å². The van der Waals surface area contributed by atoms with Crippen molar-refractivity contribution in [1.29, 1.82) is 0 Å². The van der Waals surface area contributed by atoms with Gasteiger partial charge in [-0.3, -0.25) is 4.79 Å². The molecule has 0 aromatic carbocycles. The number of carbonyl (C=O) groups is 1. The Morgan fingerprint density at radius 3 is 2.81 bits per heavy atom. The van der Waals surface area contributed by atoms with Crippen LogP contribution in [0.15, 0.2) is 45.6 Å². The molecule has 1 aliphatic heterocycles. The largest absolute Gasteiger partial charge is 0.480 e. The summed E-state index contributed by atoms with van der Waals surface area (Å²) in [6, 6.07) is 7.01. The second-order valence-electron chi connectivity index (χ2n) is 6.05. The van der Waals surface area contributed by atoms with Gasteiger partial charge in [-0.05, 0) is 37.1 Å². The number of ether oxygens (including phenoxy) is 1. The Morgan fingerprint density at radius 1 is 1.23 bits per heavy atom. The number of carbonyl (C=O) groups excluding carboxylic acids is 1. The SMILES string of the molecule is COc1ncccc1C(=O)N1CCC(c2nnc(-c3ccco3)o2)CC1. The smallest absolute Gasteiger partial charge is 0.283 e. The lowest BCUT2D eigenvalue weighted by Gasteiger charge is -2.30. The van der Waals surface area contributed by atoms with Gasteiger partial charge in [-0.25, -0.2) is 4.98 Å². The minimum Gasteiger partial charge on any atom is -0.480 e. The minimum absolute atomic E-state index is 0.0739. The molecule has 3 aromatic rings. The van der Waals surface area contributed by atoms with Crippen LogP contribution in [0.1, 0.15) is 35.0 Å². The molecule has 1 saturated heterocycles. The van der Waals surface area contributed by atoms with Crippen LogP contribution in [-0.2, 0) is 0 Å². The van der Waals surface area contributed by atoms with E-state index in [1.165, 1.54) is 7.11 Å². The zero-order valence-electron chi connectivity index (χ0n) is 14.3. The lowest BCUT2D eigenvalue weighted by molar-refractivity contribution is 0.0702. The van der Waals surface area contributed by atoms with Crippen LogP contribution in [0.25, 0.3) is 11.7 Å². The third kappa shape index (κ3) is 3.05. The summed E-state index contributed by atoms with van der Waals surface area (Å²) in [6.07, 6.45) is 4.69. The van der Waals surface area contributed by atoms with Crippen molar-refractivity contribution in [3.8, 4) is 17.5 Å². The highest BCUT2D eigenvalue weighted by Gasteiger charge is 2.29. The van der Waals surface area contributed by atoms with Crippen molar-refractivity contribution in [3.63, 3.8) is 0 Å². The van der Waals surface area contributed by atoms with E-state index in [0.29, 0.717) is 42.1 Å². The first-order valence-corrected chi connectivity index (χ1v) is 8.42. The van der Waals surface area contributed by atoms with Crippen LogP contribution in [0.2, 0.25) is 0 Å². The number of piperidine rings is 1. The maximum Gasteiger partial charge on any atom is 0.283 e. The average Bonchev–Trinajstić information content (AvgIpc) is 3.39. The van der Waals surface area contributed by atoms with E-state index in [1.54, 1.807) is 41.6 Å². The Morgan fingerprint density at radius 2 is 2.08 bits per heavy atom. The van der Waals surface area contributed by atoms with Crippen molar-refractivity contribution in [2.75, 3.05) is 20.2 Å². The number of pyridine rings is 1. The van der Waals surface area contributed by atoms with Gasteiger partial charge in [0.15, 0.2) is 5.76 Å². The van der Waals surface area contributed by atoms with E-state index < -0.39 is 0 Å². The number of aromatic nitrogens is 3. The Hall–Kier alpha value is -3.16. The monoisotopic (exact) mass is 354 g/mol. The molecule has 0 atom stereocenters. The molecule has 0 bridgehead atoms. The van der Waals surface area contributed by atoms with Crippen LogP contribution in [0.4, 0.5) is 0 Å². The van der Waals surface area contributed by atoms with E-state index in [1.807, 2.05) is 0 Å². The summed E-state index contributed by atoms with van der Waals surface area (Å²) >= 11 is 0. The first kappa shape index (κ1) is 16.3. The molecule has 0 saturated carbocycles. The summed E-state index contributed by atoms with van der Waals surface area (Å²) < 4.78 is 16.2. The molecule has 0 spiro atoms. The van der Waals surface area contributed by atoms with Crippen molar-refractivity contribution < 1.29 is 18.4 Å². The molecule has 4 heterocycles. The standard InChI is InChI=1S/C18H18N4O4/c1-24-16-13(4-2-8-19-16)18(23)22-9-6-12(7-10-22)15-20-21-17(26-15)14-5-3-11-25-14/h2-5,8,11-12H,6-7,9-10H2,1H3. The second-order valence-corrected chi connectivity index (χ2v) is 6.05. The Labute approximate surface area is 149 Å². The summed E-state index contributed by atoms with van der Waals surface area (Å²) in [5, 5.41) is 8.18. The molecule has 0 radical (unpaired) electrons. The van der Waals surface area contributed by atoms with Crippen LogP contribution in [0.5, 0.6) is 5.88 Å². The highest BCUT2D eigenvalue weighted by Crippen LogP contribution is 2.30. The van der Waals surface area contributed by atoms with Gasteiger partial charge in [-0.2, -0.15) is 0 Å². The van der Waals surface area contributed by atoms with Crippen molar-refractivity contribution >= 4 is 5.91 Å². The van der Waals surface area contributed by atoms with Gasteiger partial charge < -0.3 is 18.5 Å². The topological polar surface area (TPSA) is 94.5 Å². The third-order valence-electron chi connectivity index (χ3n) is 4.50. The molecule has 0 unspecified atom stereocenters. The number of hydrogen-bond acceptors (Lipinski definition) is 7. The first-order chi connectivity index (χ1) is 12.8. The Bertz CT molecular complexity index is 882. The number of furan rings is 1. The number of hydrogen-bond donors (Lipinski definition) is 0. The highest BCUT2D eigenvalue weighted by atomic mass is 16.5. The van der Waals surface area contributed by atoms with Crippen molar-refractivity contribution in [3.05, 3.63) is 48.2 Å². The number of methoxy groups -OCH3 is 1. The predicted molar refractivity (Wildman–Crippen MR) is 90.7 cm³/mol. The van der Waals surface area contributed by atoms with Crippen molar-refractivity contribution in [2.45, 2.75) is 18.8 Å². The molecule has 134 valence electrons. The van der Waals surface area contributed by atoms with E-state index in [2.05, 4.69) is 15.2 Å². The van der Waals surface area contributed by atoms with Crippen LogP contribution < -0.4 is 4.74 Å². The van der Waals surface area contributed by atoms with Gasteiger partial charge >= 0.3 is 0 Å². The van der Waals surface area contributed by atoms with Gasteiger partial charge in [0.05, 0.1) is 13.4 Å². The Kier molecular flexibility index (Phi) is 4.39. The lowest BCUT2D eigenvalue weighted by atomic mass is 9.96. The fraction of sp³-hybridized carbons (Fsp3) is 0.333. The van der Waals surface area contributed by atoms with Crippen LogP contribution in [0, 0.1) is 0 Å².